The third kappa shape index (κ3) is 5.45. The maximum absolute atomic E-state index is 14.7. The van der Waals surface area contributed by atoms with Crippen LogP contribution < -0.4 is 10.4 Å². The van der Waals surface area contributed by atoms with Crippen molar-refractivity contribution in [2.75, 3.05) is 24.7 Å². The first kappa shape index (κ1) is 20.7. The maximum atomic E-state index is 14.7. The van der Waals surface area contributed by atoms with E-state index < -0.39 is 28.9 Å². The van der Waals surface area contributed by atoms with E-state index in [1.54, 1.807) is 30.3 Å². The molecule has 0 aliphatic heterocycles. The summed E-state index contributed by atoms with van der Waals surface area (Å²) in [7, 11) is 0. The number of carbonyl (C=O) groups is 1. The second kappa shape index (κ2) is 8.88. The lowest BCUT2D eigenvalue weighted by molar-refractivity contribution is 0.0168. The van der Waals surface area contributed by atoms with Gasteiger partial charge in [-0.05, 0) is 38.1 Å². The number of aliphatic hydroxyl groups is 1. The van der Waals surface area contributed by atoms with Gasteiger partial charge in [-0.1, -0.05) is 18.2 Å². The van der Waals surface area contributed by atoms with Crippen molar-refractivity contribution in [3.05, 3.63) is 59.7 Å². The van der Waals surface area contributed by atoms with Crippen LogP contribution in [0.5, 0.6) is 0 Å². The van der Waals surface area contributed by atoms with Crippen molar-refractivity contribution in [3.63, 3.8) is 0 Å². The smallest absolute Gasteiger partial charge is 0.277 e. The van der Waals surface area contributed by atoms with Crippen molar-refractivity contribution in [1.29, 1.82) is 0 Å². The molecule has 0 aromatic heterocycles. The molecular formula is C19H21F3N2O3. The van der Waals surface area contributed by atoms with Gasteiger partial charge in [0.25, 0.3) is 5.91 Å². The fourth-order valence-corrected chi connectivity index (χ4v) is 2.49. The van der Waals surface area contributed by atoms with Crippen molar-refractivity contribution in [3.8, 4) is 0 Å². The van der Waals surface area contributed by atoms with Gasteiger partial charge in [-0.3, -0.25) is 9.63 Å². The summed E-state index contributed by atoms with van der Waals surface area (Å²) in [6.07, 6.45) is 0. The average molecular weight is 382 g/mol. The van der Waals surface area contributed by atoms with Gasteiger partial charge in [-0.25, -0.2) is 18.7 Å². The van der Waals surface area contributed by atoms with E-state index in [1.807, 2.05) is 5.48 Å². The van der Waals surface area contributed by atoms with Crippen LogP contribution in [0.25, 0.3) is 0 Å². The Labute approximate surface area is 155 Å². The lowest BCUT2D eigenvalue weighted by atomic mass is 10.1. The van der Waals surface area contributed by atoms with Crippen LogP contribution in [0, 0.1) is 11.6 Å². The normalized spacial score (nSPS) is 11.3. The molecule has 0 atom stereocenters. The van der Waals surface area contributed by atoms with Crippen molar-refractivity contribution < 1.29 is 27.9 Å². The van der Waals surface area contributed by atoms with E-state index in [2.05, 4.69) is 0 Å². The lowest BCUT2D eigenvalue weighted by Gasteiger charge is -2.31. The Kier molecular flexibility index (Phi) is 6.81. The van der Waals surface area contributed by atoms with Crippen LogP contribution >= 0.6 is 0 Å². The number of anilines is 2. The molecule has 0 unspecified atom stereocenters. The van der Waals surface area contributed by atoms with E-state index >= 15 is 0 Å². The van der Waals surface area contributed by atoms with Crippen LogP contribution in [0.15, 0.2) is 42.5 Å². The summed E-state index contributed by atoms with van der Waals surface area (Å²) in [4.78, 5) is 18.3. The molecule has 2 N–H and O–H groups in total. The number of alkyl halides is 1. The Morgan fingerprint density at radius 3 is 2.44 bits per heavy atom. The predicted molar refractivity (Wildman–Crippen MR) is 95.5 cm³/mol. The number of nitrogens with one attached hydrogen (secondary N) is 1. The molecule has 0 aliphatic carbocycles. The molecule has 8 heteroatoms. The van der Waals surface area contributed by atoms with Gasteiger partial charge in [0.2, 0.25) is 0 Å². The number of aliphatic hydroxyl groups excluding tert-OH is 1. The Hall–Kier alpha value is -2.58. The van der Waals surface area contributed by atoms with E-state index in [4.69, 9.17) is 9.94 Å². The average Bonchev–Trinajstić information content (AvgIpc) is 2.62. The van der Waals surface area contributed by atoms with Gasteiger partial charge >= 0.3 is 0 Å². The zero-order chi connectivity index (χ0) is 20.0. The summed E-state index contributed by atoms with van der Waals surface area (Å²) < 4.78 is 43.1. The zero-order valence-electron chi connectivity index (χ0n) is 15.0. The monoisotopic (exact) mass is 382 g/mol. The number of hydrogen-bond donors (Lipinski definition) is 2. The molecule has 5 nitrogen and oxygen atoms in total. The van der Waals surface area contributed by atoms with Crippen LogP contribution in [0.3, 0.4) is 0 Å². The van der Waals surface area contributed by atoms with Gasteiger partial charge in [0.1, 0.15) is 5.67 Å². The standard InChI is InChI=1S/C19H21F3N2O3/c1-19(2,22)12-24(13-6-4-3-5-7-13)17-14(8-9-15(20)16(17)21)18(26)23-27-11-10-25/h3-9,25H,10-12H2,1-2H3,(H,23,26). The van der Waals surface area contributed by atoms with E-state index in [0.29, 0.717) is 5.69 Å². The highest BCUT2D eigenvalue weighted by Gasteiger charge is 2.29. The first-order valence-electron chi connectivity index (χ1n) is 8.27. The zero-order valence-corrected chi connectivity index (χ0v) is 15.0. The van der Waals surface area contributed by atoms with Crippen LogP contribution in [0.1, 0.15) is 24.2 Å². The first-order valence-corrected chi connectivity index (χ1v) is 8.27. The largest absolute Gasteiger partial charge is 0.394 e. The molecule has 2 rings (SSSR count). The third-order valence-electron chi connectivity index (χ3n) is 3.54. The highest BCUT2D eigenvalue weighted by molar-refractivity contribution is 6.00. The van der Waals surface area contributed by atoms with Crippen molar-refractivity contribution in [2.24, 2.45) is 0 Å². The summed E-state index contributed by atoms with van der Waals surface area (Å²) in [5, 5.41) is 8.71. The summed E-state index contributed by atoms with van der Waals surface area (Å²) in [6, 6.07) is 10.1. The lowest BCUT2D eigenvalue weighted by Crippen LogP contribution is -2.35. The van der Waals surface area contributed by atoms with Gasteiger partial charge in [0, 0.05) is 5.69 Å². The quantitative estimate of drug-likeness (QED) is 0.542. The highest BCUT2D eigenvalue weighted by atomic mass is 19.2. The topological polar surface area (TPSA) is 61.8 Å². The number of para-hydroxylation sites is 1. The van der Waals surface area contributed by atoms with Gasteiger partial charge in [0.15, 0.2) is 11.6 Å². The Morgan fingerprint density at radius 2 is 1.85 bits per heavy atom. The number of rotatable bonds is 8. The third-order valence-corrected chi connectivity index (χ3v) is 3.54. The molecule has 146 valence electrons. The molecule has 0 fully saturated rings. The molecule has 0 heterocycles. The molecule has 0 saturated carbocycles. The minimum Gasteiger partial charge on any atom is -0.394 e. The van der Waals surface area contributed by atoms with Crippen molar-refractivity contribution >= 4 is 17.3 Å². The van der Waals surface area contributed by atoms with Gasteiger partial charge in [0.05, 0.1) is 31.0 Å². The predicted octanol–water partition coefficient (Wildman–Crippen LogP) is 3.50. The number of benzene rings is 2. The van der Waals surface area contributed by atoms with Crippen LogP contribution in [0.2, 0.25) is 0 Å². The van der Waals surface area contributed by atoms with E-state index in [0.717, 1.165) is 12.1 Å². The Bertz CT molecular complexity index is 780. The minimum absolute atomic E-state index is 0.176. The molecule has 27 heavy (non-hydrogen) atoms. The number of carbonyl (C=O) groups excluding carboxylic acids is 1. The SMILES string of the molecule is CC(C)(F)CN(c1ccccc1)c1c(C(=O)NOCCO)ccc(F)c1F. The summed E-state index contributed by atoms with van der Waals surface area (Å²) in [5.41, 5.74) is 0.0249. The molecule has 2 aromatic carbocycles. The van der Waals surface area contributed by atoms with Crippen LogP contribution in [-0.2, 0) is 4.84 Å². The molecular weight excluding hydrogens is 361 g/mol. The number of nitrogens with zero attached hydrogens (tertiary/aromatic N) is 1. The van der Waals surface area contributed by atoms with E-state index in [1.165, 1.54) is 18.7 Å². The van der Waals surface area contributed by atoms with Crippen LogP contribution in [-0.4, -0.2) is 36.4 Å². The van der Waals surface area contributed by atoms with E-state index in [-0.39, 0.29) is 25.3 Å². The van der Waals surface area contributed by atoms with Crippen molar-refractivity contribution in [1.82, 2.24) is 5.48 Å². The highest BCUT2D eigenvalue weighted by Crippen LogP contribution is 2.34. The Morgan fingerprint density at radius 1 is 1.19 bits per heavy atom. The molecule has 0 radical (unpaired) electrons. The summed E-state index contributed by atoms with van der Waals surface area (Å²) in [5.74, 6) is -3.30. The van der Waals surface area contributed by atoms with Gasteiger partial charge in [-0.15, -0.1) is 0 Å². The number of hydroxylamine groups is 1. The first-order chi connectivity index (χ1) is 12.7. The molecule has 1 amide bonds. The fraction of sp³-hybridized carbons (Fsp3) is 0.316. The summed E-state index contributed by atoms with van der Waals surface area (Å²) >= 11 is 0. The second-order valence-electron chi connectivity index (χ2n) is 6.40. The molecule has 2 aromatic rings. The second-order valence-corrected chi connectivity index (χ2v) is 6.40. The van der Waals surface area contributed by atoms with Gasteiger partial charge < -0.3 is 10.0 Å². The minimum atomic E-state index is -1.77. The molecule has 0 saturated heterocycles. The molecule has 0 aliphatic rings. The maximum Gasteiger partial charge on any atom is 0.277 e. The fourth-order valence-electron chi connectivity index (χ4n) is 2.49. The van der Waals surface area contributed by atoms with Gasteiger partial charge in [-0.2, -0.15) is 0 Å². The Balaban J connectivity index is 2.56. The number of amides is 1. The summed E-state index contributed by atoms with van der Waals surface area (Å²) in [6.45, 7) is 1.76. The number of halogens is 3. The molecule has 0 bridgehead atoms. The number of hydrogen-bond acceptors (Lipinski definition) is 4. The van der Waals surface area contributed by atoms with Crippen LogP contribution in [0.4, 0.5) is 24.5 Å². The van der Waals surface area contributed by atoms with E-state index in [9.17, 15) is 18.0 Å². The molecule has 0 spiro atoms. The van der Waals surface area contributed by atoms with Crippen molar-refractivity contribution in [2.45, 2.75) is 19.5 Å².